The molecule has 0 aliphatic heterocycles. The summed E-state index contributed by atoms with van der Waals surface area (Å²) in [5.41, 5.74) is 1.79. The number of carbonyl (C=O) groups is 2. The Morgan fingerprint density at radius 1 is 1.14 bits per heavy atom. The number of hydrogen-bond donors (Lipinski definition) is 1. The highest BCUT2D eigenvalue weighted by molar-refractivity contribution is 9.10. The van der Waals surface area contributed by atoms with Crippen molar-refractivity contribution in [2.45, 2.75) is 6.42 Å². The Kier molecular flexibility index (Phi) is 4.75. The number of rotatable bonds is 4. The van der Waals surface area contributed by atoms with Crippen LogP contribution in [0.2, 0.25) is 0 Å². The zero-order valence-corrected chi connectivity index (χ0v) is 13.0. The van der Waals surface area contributed by atoms with Gasteiger partial charge in [0.05, 0.1) is 12.0 Å². The zero-order valence-electron chi connectivity index (χ0n) is 11.4. The van der Waals surface area contributed by atoms with E-state index in [4.69, 9.17) is 5.11 Å². The molecule has 0 saturated heterocycles. The molecule has 0 radical (unpaired) electrons. The van der Waals surface area contributed by atoms with Crippen LogP contribution in [-0.4, -0.2) is 24.0 Å². The molecule has 4 nitrogen and oxygen atoms in total. The highest BCUT2D eigenvalue weighted by Gasteiger charge is 2.12. The fourth-order valence-corrected chi connectivity index (χ4v) is 2.36. The topological polar surface area (TPSA) is 57.6 Å². The molecular formula is C16H14BrNO3. The van der Waals surface area contributed by atoms with Crippen molar-refractivity contribution in [3.05, 3.63) is 64.1 Å². The van der Waals surface area contributed by atoms with Crippen LogP contribution in [0.4, 0.5) is 5.69 Å². The van der Waals surface area contributed by atoms with E-state index >= 15 is 0 Å². The quantitative estimate of drug-likeness (QED) is 0.922. The van der Waals surface area contributed by atoms with E-state index in [0.29, 0.717) is 5.69 Å². The van der Waals surface area contributed by atoms with Gasteiger partial charge in [0.15, 0.2) is 0 Å². The summed E-state index contributed by atoms with van der Waals surface area (Å²) in [4.78, 5) is 24.6. The molecule has 0 spiro atoms. The normalized spacial score (nSPS) is 10.2. The molecular weight excluding hydrogens is 334 g/mol. The number of carbonyl (C=O) groups excluding carboxylic acids is 1. The Bertz CT molecular complexity index is 667. The molecule has 0 aliphatic carbocycles. The van der Waals surface area contributed by atoms with Crippen molar-refractivity contribution in [2.24, 2.45) is 0 Å². The van der Waals surface area contributed by atoms with Gasteiger partial charge in [-0.15, -0.1) is 0 Å². The standard InChI is InChI=1S/C16H14BrNO3/c1-18(14-7-5-12(6-8-14)16(20)21)15(19)10-11-3-2-4-13(17)9-11/h2-9H,10H2,1H3,(H,20,21). The Hall–Kier alpha value is -2.14. The van der Waals surface area contributed by atoms with Gasteiger partial charge in [0, 0.05) is 17.2 Å². The number of aromatic carboxylic acids is 1. The van der Waals surface area contributed by atoms with Crippen molar-refractivity contribution in [2.75, 3.05) is 11.9 Å². The van der Waals surface area contributed by atoms with Crippen molar-refractivity contribution in [3.8, 4) is 0 Å². The zero-order chi connectivity index (χ0) is 15.4. The molecule has 1 N–H and O–H groups in total. The third kappa shape index (κ3) is 3.92. The van der Waals surface area contributed by atoms with E-state index in [2.05, 4.69) is 15.9 Å². The largest absolute Gasteiger partial charge is 0.478 e. The molecule has 0 aromatic heterocycles. The number of likely N-dealkylation sites (N-methyl/N-ethyl adjacent to an activating group) is 1. The second-order valence-electron chi connectivity index (χ2n) is 4.61. The number of anilines is 1. The van der Waals surface area contributed by atoms with E-state index in [0.717, 1.165) is 10.0 Å². The number of carboxylic acids is 1. The summed E-state index contributed by atoms with van der Waals surface area (Å²) in [7, 11) is 1.68. The molecule has 0 aliphatic rings. The van der Waals surface area contributed by atoms with Gasteiger partial charge in [0.25, 0.3) is 0 Å². The fraction of sp³-hybridized carbons (Fsp3) is 0.125. The summed E-state index contributed by atoms with van der Waals surface area (Å²) in [6, 6.07) is 13.8. The van der Waals surface area contributed by atoms with Crippen LogP contribution < -0.4 is 4.90 Å². The molecule has 21 heavy (non-hydrogen) atoms. The first kappa shape index (κ1) is 15.3. The molecule has 5 heteroatoms. The second-order valence-corrected chi connectivity index (χ2v) is 5.53. The highest BCUT2D eigenvalue weighted by atomic mass is 79.9. The Balaban J connectivity index is 2.10. The summed E-state index contributed by atoms with van der Waals surface area (Å²) >= 11 is 3.38. The van der Waals surface area contributed by atoms with Crippen LogP contribution in [0.5, 0.6) is 0 Å². The van der Waals surface area contributed by atoms with Gasteiger partial charge >= 0.3 is 5.97 Å². The lowest BCUT2D eigenvalue weighted by Crippen LogP contribution is -2.27. The van der Waals surface area contributed by atoms with Crippen LogP contribution in [-0.2, 0) is 11.2 Å². The maximum atomic E-state index is 12.2. The molecule has 0 bridgehead atoms. The lowest BCUT2D eigenvalue weighted by Gasteiger charge is -2.17. The molecule has 2 aromatic carbocycles. The van der Waals surface area contributed by atoms with Crippen LogP contribution >= 0.6 is 15.9 Å². The van der Waals surface area contributed by atoms with Crippen LogP contribution in [0.15, 0.2) is 53.0 Å². The monoisotopic (exact) mass is 347 g/mol. The number of benzene rings is 2. The van der Waals surface area contributed by atoms with Crippen LogP contribution in [0.3, 0.4) is 0 Å². The van der Waals surface area contributed by atoms with Gasteiger partial charge in [-0.25, -0.2) is 4.79 Å². The molecule has 0 saturated carbocycles. The molecule has 0 fully saturated rings. The average Bonchev–Trinajstić information content (AvgIpc) is 2.46. The fourth-order valence-electron chi connectivity index (χ4n) is 1.91. The maximum absolute atomic E-state index is 12.2. The molecule has 0 atom stereocenters. The first-order valence-corrected chi connectivity index (χ1v) is 7.11. The first-order chi connectivity index (χ1) is 9.97. The summed E-state index contributed by atoms with van der Waals surface area (Å²) in [6.45, 7) is 0. The predicted octanol–water partition coefficient (Wildman–Crippen LogP) is 3.35. The number of carboxylic acid groups (broad SMARTS) is 1. The summed E-state index contributed by atoms with van der Waals surface area (Å²) in [6.07, 6.45) is 0.288. The predicted molar refractivity (Wildman–Crippen MR) is 84.7 cm³/mol. The molecule has 0 heterocycles. The Labute approximate surface area is 131 Å². The SMILES string of the molecule is CN(C(=O)Cc1cccc(Br)c1)c1ccc(C(=O)O)cc1. The van der Waals surface area contributed by atoms with Crippen molar-refractivity contribution < 1.29 is 14.7 Å². The van der Waals surface area contributed by atoms with Crippen LogP contribution in [0.25, 0.3) is 0 Å². The van der Waals surface area contributed by atoms with Gasteiger partial charge in [-0.3, -0.25) is 4.79 Å². The van der Waals surface area contributed by atoms with Gasteiger partial charge in [-0.05, 0) is 42.0 Å². The maximum Gasteiger partial charge on any atom is 0.335 e. The van der Waals surface area contributed by atoms with Gasteiger partial charge in [-0.2, -0.15) is 0 Å². The minimum Gasteiger partial charge on any atom is -0.478 e. The van der Waals surface area contributed by atoms with Crippen LogP contribution in [0.1, 0.15) is 15.9 Å². The average molecular weight is 348 g/mol. The molecule has 0 unspecified atom stereocenters. The Morgan fingerprint density at radius 3 is 2.38 bits per heavy atom. The van der Waals surface area contributed by atoms with E-state index in [-0.39, 0.29) is 17.9 Å². The summed E-state index contributed by atoms with van der Waals surface area (Å²) < 4.78 is 0.932. The van der Waals surface area contributed by atoms with E-state index in [1.165, 1.54) is 17.0 Å². The van der Waals surface area contributed by atoms with Gasteiger partial charge in [0.2, 0.25) is 5.91 Å². The van der Waals surface area contributed by atoms with Crippen LogP contribution in [0, 0.1) is 0 Å². The van der Waals surface area contributed by atoms with Gasteiger partial charge < -0.3 is 10.0 Å². The van der Waals surface area contributed by atoms with E-state index in [1.54, 1.807) is 19.2 Å². The van der Waals surface area contributed by atoms with Gasteiger partial charge in [-0.1, -0.05) is 28.1 Å². The first-order valence-electron chi connectivity index (χ1n) is 6.32. The van der Waals surface area contributed by atoms with E-state index < -0.39 is 5.97 Å². The van der Waals surface area contributed by atoms with E-state index in [1.807, 2.05) is 24.3 Å². The van der Waals surface area contributed by atoms with Crippen molar-refractivity contribution >= 4 is 33.5 Å². The molecule has 2 rings (SSSR count). The smallest absolute Gasteiger partial charge is 0.335 e. The van der Waals surface area contributed by atoms with Gasteiger partial charge in [0.1, 0.15) is 0 Å². The molecule has 108 valence electrons. The molecule has 1 amide bonds. The summed E-state index contributed by atoms with van der Waals surface area (Å²) in [5, 5.41) is 8.86. The molecule has 2 aromatic rings. The lowest BCUT2D eigenvalue weighted by molar-refractivity contribution is -0.117. The lowest BCUT2D eigenvalue weighted by atomic mass is 10.1. The van der Waals surface area contributed by atoms with Crippen molar-refractivity contribution in [1.29, 1.82) is 0 Å². The minimum atomic E-state index is -0.982. The number of halogens is 1. The van der Waals surface area contributed by atoms with E-state index in [9.17, 15) is 9.59 Å². The number of hydrogen-bond acceptors (Lipinski definition) is 2. The third-order valence-electron chi connectivity index (χ3n) is 3.12. The van der Waals surface area contributed by atoms with Crippen molar-refractivity contribution in [1.82, 2.24) is 0 Å². The van der Waals surface area contributed by atoms with Crippen molar-refractivity contribution in [3.63, 3.8) is 0 Å². The number of amides is 1. The Morgan fingerprint density at radius 2 is 1.81 bits per heavy atom. The second kappa shape index (κ2) is 6.54. The minimum absolute atomic E-state index is 0.0591. The highest BCUT2D eigenvalue weighted by Crippen LogP contribution is 2.17. The number of nitrogens with zero attached hydrogens (tertiary/aromatic N) is 1. The third-order valence-corrected chi connectivity index (χ3v) is 3.61. The summed E-state index contributed by atoms with van der Waals surface area (Å²) in [5.74, 6) is -1.04.